The van der Waals surface area contributed by atoms with E-state index >= 15 is 0 Å². The van der Waals surface area contributed by atoms with Crippen molar-refractivity contribution in [2.45, 2.75) is 12.8 Å². The highest BCUT2D eigenvalue weighted by Gasteiger charge is 2.00. The molecule has 16 heavy (non-hydrogen) atoms. The number of carboxylic acids is 1. The average Bonchev–Trinajstić information content (AvgIpc) is 2.26. The molecule has 0 aliphatic rings. The maximum atomic E-state index is 10.4. The van der Waals surface area contributed by atoms with E-state index < -0.39 is 5.97 Å². The topological polar surface area (TPSA) is 63.3 Å². The molecule has 0 unspecified atom stereocenters. The number of alkyl halides is 1. The van der Waals surface area contributed by atoms with Gasteiger partial charge >= 0.3 is 5.97 Å². The molecule has 0 aliphatic heterocycles. The van der Waals surface area contributed by atoms with E-state index in [1.165, 1.54) is 0 Å². The number of rotatable bonds is 5. The van der Waals surface area contributed by atoms with Gasteiger partial charge in [0.05, 0.1) is 0 Å². The second kappa shape index (κ2) is 6.33. The Hall–Kier alpha value is -1.29. The predicted molar refractivity (Wildman–Crippen MR) is 69.6 cm³/mol. The minimum atomic E-state index is -0.946. The Morgan fingerprint density at radius 3 is 2.88 bits per heavy atom. The van der Waals surface area contributed by atoms with E-state index in [-0.39, 0.29) is 0 Å². The molecule has 86 valence electrons. The SMILES string of the molecule is Nc1ccc(/C=C/C(=O)O)cc1CCCBr. The van der Waals surface area contributed by atoms with E-state index in [4.69, 9.17) is 10.8 Å². The third-order valence-electron chi connectivity index (χ3n) is 2.17. The number of hydrogen-bond donors (Lipinski definition) is 2. The lowest BCUT2D eigenvalue weighted by molar-refractivity contribution is -0.131. The first kappa shape index (κ1) is 12.8. The minimum Gasteiger partial charge on any atom is -0.478 e. The van der Waals surface area contributed by atoms with Gasteiger partial charge in [-0.3, -0.25) is 0 Å². The van der Waals surface area contributed by atoms with Gasteiger partial charge in [0, 0.05) is 17.1 Å². The van der Waals surface area contributed by atoms with Crippen molar-refractivity contribution in [3.8, 4) is 0 Å². The molecule has 3 nitrogen and oxygen atoms in total. The first-order chi connectivity index (χ1) is 7.63. The summed E-state index contributed by atoms with van der Waals surface area (Å²) >= 11 is 3.37. The lowest BCUT2D eigenvalue weighted by atomic mass is 10.0. The number of anilines is 1. The molecule has 3 N–H and O–H groups in total. The van der Waals surface area contributed by atoms with Crippen molar-refractivity contribution in [3.05, 3.63) is 35.4 Å². The smallest absolute Gasteiger partial charge is 0.328 e. The van der Waals surface area contributed by atoms with Crippen molar-refractivity contribution in [2.24, 2.45) is 0 Å². The molecule has 0 heterocycles. The zero-order valence-corrected chi connectivity index (χ0v) is 10.4. The fraction of sp³-hybridized carbons (Fsp3) is 0.250. The summed E-state index contributed by atoms with van der Waals surface area (Å²) in [6, 6.07) is 5.55. The van der Waals surface area contributed by atoms with Crippen LogP contribution in [-0.2, 0) is 11.2 Å². The van der Waals surface area contributed by atoms with Crippen molar-refractivity contribution < 1.29 is 9.90 Å². The largest absolute Gasteiger partial charge is 0.478 e. The maximum Gasteiger partial charge on any atom is 0.328 e. The molecule has 0 atom stereocenters. The summed E-state index contributed by atoms with van der Waals surface area (Å²) in [5, 5.41) is 9.45. The van der Waals surface area contributed by atoms with Crippen LogP contribution in [-0.4, -0.2) is 16.4 Å². The van der Waals surface area contributed by atoms with E-state index in [0.29, 0.717) is 0 Å². The monoisotopic (exact) mass is 283 g/mol. The Labute approximate surface area is 103 Å². The highest BCUT2D eigenvalue weighted by Crippen LogP contribution is 2.17. The van der Waals surface area contributed by atoms with Crippen LogP contribution in [0.25, 0.3) is 6.08 Å². The second-order valence-electron chi connectivity index (χ2n) is 3.42. The van der Waals surface area contributed by atoms with Crippen molar-refractivity contribution in [1.82, 2.24) is 0 Å². The minimum absolute atomic E-state index is 0.758. The van der Waals surface area contributed by atoms with E-state index in [2.05, 4.69) is 15.9 Å². The number of nitrogen functional groups attached to an aromatic ring is 1. The molecule has 0 saturated carbocycles. The van der Waals surface area contributed by atoms with Gasteiger partial charge in [-0.05, 0) is 42.2 Å². The Morgan fingerprint density at radius 1 is 1.50 bits per heavy atom. The van der Waals surface area contributed by atoms with Crippen LogP contribution in [0.15, 0.2) is 24.3 Å². The number of benzene rings is 1. The molecule has 0 amide bonds. The van der Waals surface area contributed by atoms with Gasteiger partial charge < -0.3 is 10.8 Å². The summed E-state index contributed by atoms with van der Waals surface area (Å²) in [5.74, 6) is -0.946. The Balaban J connectivity index is 2.84. The third-order valence-corrected chi connectivity index (χ3v) is 2.73. The summed E-state index contributed by atoms with van der Waals surface area (Å²) in [4.78, 5) is 10.4. The molecule has 0 saturated heterocycles. The second-order valence-corrected chi connectivity index (χ2v) is 4.22. The molecule has 0 aliphatic carbocycles. The summed E-state index contributed by atoms with van der Waals surface area (Å²) in [5.41, 5.74) is 8.51. The summed E-state index contributed by atoms with van der Waals surface area (Å²) in [6.07, 6.45) is 4.60. The molecule has 0 radical (unpaired) electrons. The van der Waals surface area contributed by atoms with Crippen LogP contribution >= 0.6 is 15.9 Å². The van der Waals surface area contributed by atoms with Crippen LogP contribution in [0, 0.1) is 0 Å². The molecule has 0 aromatic heterocycles. The number of nitrogens with two attached hydrogens (primary N) is 1. The third kappa shape index (κ3) is 4.06. The first-order valence-corrected chi connectivity index (χ1v) is 6.11. The first-order valence-electron chi connectivity index (χ1n) is 4.99. The van der Waals surface area contributed by atoms with Gasteiger partial charge in [-0.15, -0.1) is 0 Å². The van der Waals surface area contributed by atoms with Gasteiger partial charge in [0.2, 0.25) is 0 Å². The number of halogens is 1. The molecule has 1 rings (SSSR count). The molecule has 0 spiro atoms. The fourth-order valence-corrected chi connectivity index (χ4v) is 1.65. The lowest BCUT2D eigenvalue weighted by Crippen LogP contribution is -1.96. The van der Waals surface area contributed by atoms with Gasteiger partial charge in [0.25, 0.3) is 0 Å². The summed E-state index contributed by atoms with van der Waals surface area (Å²) < 4.78 is 0. The molecule has 4 heteroatoms. The quantitative estimate of drug-likeness (QED) is 0.496. The Bertz CT molecular complexity index is 402. The van der Waals surface area contributed by atoms with Gasteiger partial charge in [-0.2, -0.15) is 0 Å². The van der Waals surface area contributed by atoms with E-state index in [1.54, 1.807) is 6.08 Å². The number of carboxylic acid groups (broad SMARTS) is 1. The molecular weight excluding hydrogens is 270 g/mol. The fourth-order valence-electron chi connectivity index (χ4n) is 1.37. The van der Waals surface area contributed by atoms with Crippen LogP contribution in [0.5, 0.6) is 0 Å². The van der Waals surface area contributed by atoms with Gasteiger partial charge in [-0.1, -0.05) is 22.0 Å². The summed E-state index contributed by atoms with van der Waals surface area (Å²) in [6.45, 7) is 0. The maximum absolute atomic E-state index is 10.4. The molecule has 0 bridgehead atoms. The predicted octanol–water partition coefficient (Wildman–Crippen LogP) is 2.69. The molecular formula is C12H14BrNO2. The van der Waals surface area contributed by atoms with Crippen LogP contribution in [0.4, 0.5) is 5.69 Å². The number of aryl methyl sites for hydroxylation is 1. The molecule has 0 fully saturated rings. The highest BCUT2D eigenvalue weighted by atomic mass is 79.9. The van der Waals surface area contributed by atoms with E-state index in [1.807, 2.05) is 18.2 Å². The van der Waals surface area contributed by atoms with Crippen molar-refractivity contribution in [3.63, 3.8) is 0 Å². The van der Waals surface area contributed by atoms with Crippen molar-refractivity contribution in [2.75, 3.05) is 11.1 Å². The van der Waals surface area contributed by atoms with Crippen LogP contribution in [0.2, 0.25) is 0 Å². The highest BCUT2D eigenvalue weighted by molar-refractivity contribution is 9.09. The number of aliphatic carboxylic acids is 1. The zero-order valence-electron chi connectivity index (χ0n) is 8.82. The molecule has 1 aromatic rings. The normalized spacial score (nSPS) is 10.8. The Morgan fingerprint density at radius 2 is 2.25 bits per heavy atom. The zero-order chi connectivity index (χ0) is 12.0. The molecule has 1 aromatic carbocycles. The van der Waals surface area contributed by atoms with Crippen molar-refractivity contribution in [1.29, 1.82) is 0 Å². The Kier molecular flexibility index (Phi) is 5.05. The standard InChI is InChI=1S/C12H14BrNO2/c13-7-1-2-10-8-9(3-5-11(10)14)4-6-12(15)16/h3-6,8H,1-2,7,14H2,(H,15,16)/b6-4+. The number of hydrogen-bond acceptors (Lipinski definition) is 2. The van der Waals surface area contributed by atoms with Crippen molar-refractivity contribution >= 4 is 33.7 Å². The van der Waals surface area contributed by atoms with Crippen LogP contribution in [0.3, 0.4) is 0 Å². The average molecular weight is 284 g/mol. The number of carbonyl (C=O) groups is 1. The lowest BCUT2D eigenvalue weighted by Gasteiger charge is -2.05. The van der Waals surface area contributed by atoms with E-state index in [9.17, 15) is 4.79 Å². The summed E-state index contributed by atoms with van der Waals surface area (Å²) in [7, 11) is 0. The van der Waals surface area contributed by atoms with Crippen LogP contribution in [0.1, 0.15) is 17.5 Å². The van der Waals surface area contributed by atoms with E-state index in [0.717, 1.165) is 41.1 Å². The van der Waals surface area contributed by atoms with Gasteiger partial charge in [0.15, 0.2) is 0 Å². The van der Waals surface area contributed by atoms with Gasteiger partial charge in [-0.25, -0.2) is 4.79 Å². The van der Waals surface area contributed by atoms with Crippen LogP contribution < -0.4 is 5.73 Å². The van der Waals surface area contributed by atoms with Gasteiger partial charge in [0.1, 0.15) is 0 Å².